The molecule has 0 radical (unpaired) electrons. The quantitative estimate of drug-likeness (QED) is 0.677. The van der Waals surface area contributed by atoms with Gasteiger partial charge in [0.1, 0.15) is 15.9 Å². The maximum absolute atomic E-state index is 5.75. The van der Waals surface area contributed by atoms with Crippen molar-refractivity contribution >= 4 is 29.2 Å². The third-order valence-corrected chi connectivity index (χ3v) is 2.34. The fourth-order valence-corrected chi connectivity index (χ4v) is 1.43. The summed E-state index contributed by atoms with van der Waals surface area (Å²) in [5.41, 5.74) is 5.41. The van der Waals surface area contributed by atoms with Crippen LogP contribution in [-0.2, 0) is 0 Å². The molecule has 0 aliphatic carbocycles. The summed E-state index contributed by atoms with van der Waals surface area (Å²) >= 11 is 7.32. The lowest BCUT2D eigenvalue weighted by atomic mass is 10.7. The lowest BCUT2D eigenvalue weighted by Crippen LogP contribution is -1.83. The molecule has 56 valence electrons. The average Bonchev–Trinajstić information content (AvgIpc) is 2.20. The number of aromatic nitrogens is 2. The van der Waals surface area contributed by atoms with E-state index in [0.717, 1.165) is 10.8 Å². The molecule has 0 aromatic carbocycles. The summed E-state index contributed by atoms with van der Waals surface area (Å²) < 4.78 is 0. The van der Waals surface area contributed by atoms with Crippen LogP contribution in [0.2, 0.25) is 5.02 Å². The molecule has 1 aromatic heterocycles. The standard InChI is InChI=1S/C5H8ClN3S/c1-2-10-5-3(6)4(7)8-9-5/h2H2,1H3,(H3,7,8,9). The lowest BCUT2D eigenvalue weighted by molar-refractivity contribution is 1.01. The van der Waals surface area contributed by atoms with E-state index in [1.807, 2.05) is 6.92 Å². The molecule has 1 heterocycles. The molecular formula is C5H8ClN3S. The Morgan fingerprint density at radius 2 is 2.50 bits per heavy atom. The Morgan fingerprint density at radius 3 is 2.90 bits per heavy atom. The minimum Gasteiger partial charge on any atom is -0.383 e. The van der Waals surface area contributed by atoms with Crippen molar-refractivity contribution in [2.75, 3.05) is 11.5 Å². The smallest absolute Gasteiger partial charge is 0.139 e. The Hall–Kier alpha value is -0.350. The van der Waals surface area contributed by atoms with E-state index in [2.05, 4.69) is 10.2 Å². The van der Waals surface area contributed by atoms with Crippen LogP contribution in [0.15, 0.2) is 5.03 Å². The van der Waals surface area contributed by atoms with Crippen LogP contribution in [-0.4, -0.2) is 16.0 Å². The summed E-state index contributed by atoms with van der Waals surface area (Å²) in [5, 5.41) is 7.80. The Kier molecular flexibility index (Phi) is 2.45. The van der Waals surface area contributed by atoms with Crippen LogP contribution in [0, 0.1) is 0 Å². The highest BCUT2D eigenvalue weighted by Gasteiger charge is 2.06. The van der Waals surface area contributed by atoms with Crippen LogP contribution < -0.4 is 5.73 Å². The number of aromatic amines is 1. The van der Waals surface area contributed by atoms with Crippen LogP contribution in [0.1, 0.15) is 6.92 Å². The normalized spacial score (nSPS) is 10.2. The van der Waals surface area contributed by atoms with E-state index < -0.39 is 0 Å². The fourth-order valence-electron chi connectivity index (χ4n) is 0.557. The van der Waals surface area contributed by atoms with Crippen molar-refractivity contribution < 1.29 is 0 Å². The van der Waals surface area contributed by atoms with Gasteiger partial charge in [-0.1, -0.05) is 18.5 Å². The average molecular weight is 178 g/mol. The van der Waals surface area contributed by atoms with Gasteiger partial charge in [-0.25, -0.2) is 0 Å². The van der Waals surface area contributed by atoms with Crippen molar-refractivity contribution in [1.29, 1.82) is 0 Å². The first-order valence-corrected chi connectivity index (χ1v) is 4.24. The molecule has 0 saturated carbocycles. The number of hydrogen-bond acceptors (Lipinski definition) is 3. The Balaban J connectivity index is 2.83. The molecule has 0 atom stereocenters. The number of anilines is 1. The first-order valence-electron chi connectivity index (χ1n) is 2.87. The van der Waals surface area contributed by atoms with Crippen molar-refractivity contribution in [3.63, 3.8) is 0 Å². The zero-order valence-corrected chi connectivity index (χ0v) is 7.09. The maximum atomic E-state index is 5.75. The van der Waals surface area contributed by atoms with E-state index in [0.29, 0.717) is 10.8 Å². The molecule has 3 N–H and O–H groups in total. The molecule has 3 nitrogen and oxygen atoms in total. The third-order valence-electron chi connectivity index (χ3n) is 0.983. The number of halogens is 1. The van der Waals surface area contributed by atoms with Gasteiger partial charge >= 0.3 is 0 Å². The van der Waals surface area contributed by atoms with Gasteiger partial charge < -0.3 is 5.73 Å². The molecule has 10 heavy (non-hydrogen) atoms. The van der Waals surface area contributed by atoms with Crippen LogP contribution in [0.5, 0.6) is 0 Å². The second-order valence-corrected chi connectivity index (χ2v) is 3.32. The monoisotopic (exact) mass is 177 g/mol. The SMILES string of the molecule is CCSc1n[nH]c(N)c1Cl. The zero-order chi connectivity index (χ0) is 7.56. The summed E-state index contributed by atoms with van der Waals surface area (Å²) in [6.07, 6.45) is 0. The first kappa shape index (κ1) is 7.75. The number of nitrogens with one attached hydrogen (secondary N) is 1. The molecule has 0 unspecified atom stereocenters. The second-order valence-electron chi connectivity index (χ2n) is 1.69. The minimum absolute atomic E-state index is 0.442. The van der Waals surface area contributed by atoms with E-state index in [1.165, 1.54) is 0 Å². The van der Waals surface area contributed by atoms with Gasteiger partial charge in [0.15, 0.2) is 0 Å². The summed E-state index contributed by atoms with van der Waals surface area (Å²) in [5.74, 6) is 1.39. The number of hydrogen-bond donors (Lipinski definition) is 2. The highest BCUT2D eigenvalue weighted by Crippen LogP contribution is 2.28. The Labute approximate surface area is 68.3 Å². The zero-order valence-electron chi connectivity index (χ0n) is 5.52. The minimum atomic E-state index is 0.442. The maximum Gasteiger partial charge on any atom is 0.139 e. The summed E-state index contributed by atoms with van der Waals surface area (Å²) in [7, 11) is 0. The van der Waals surface area contributed by atoms with Crippen molar-refractivity contribution in [3.8, 4) is 0 Å². The number of nitrogens with two attached hydrogens (primary N) is 1. The molecule has 0 fully saturated rings. The van der Waals surface area contributed by atoms with Gasteiger partial charge in [-0.15, -0.1) is 11.8 Å². The summed E-state index contributed by atoms with van der Waals surface area (Å²) in [6.45, 7) is 2.03. The molecule has 0 saturated heterocycles. The van der Waals surface area contributed by atoms with Crippen molar-refractivity contribution in [2.24, 2.45) is 0 Å². The van der Waals surface area contributed by atoms with Crippen molar-refractivity contribution in [3.05, 3.63) is 5.02 Å². The predicted molar refractivity (Wildman–Crippen MR) is 44.4 cm³/mol. The van der Waals surface area contributed by atoms with Crippen LogP contribution in [0.4, 0.5) is 5.82 Å². The summed E-state index contributed by atoms with van der Waals surface area (Å²) in [6, 6.07) is 0. The third kappa shape index (κ3) is 1.38. The highest BCUT2D eigenvalue weighted by molar-refractivity contribution is 7.99. The first-order chi connectivity index (χ1) is 4.75. The predicted octanol–water partition coefficient (Wildman–Crippen LogP) is 1.76. The van der Waals surface area contributed by atoms with Gasteiger partial charge in [-0.3, -0.25) is 5.10 Å². The Bertz CT molecular complexity index is 223. The molecule has 0 aliphatic heterocycles. The second kappa shape index (κ2) is 3.16. The largest absolute Gasteiger partial charge is 0.383 e. The molecule has 0 bridgehead atoms. The Morgan fingerprint density at radius 1 is 1.80 bits per heavy atom. The van der Waals surface area contributed by atoms with Gasteiger partial charge in [-0.2, -0.15) is 5.10 Å². The van der Waals surface area contributed by atoms with Gasteiger partial charge in [-0.05, 0) is 5.75 Å². The van der Waals surface area contributed by atoms with Gasteiger partial charge in [0.2, 0.25) is 0 Å². The number of rotatable bonds is 2. The van der Waals surface area contributed by atoms with E-state index in [1.54, 1.807) is 11.8 Å². The molecule has 5 heteroatoms. The molecule has 1 rings (SSSR count). The number of nitrogens with zero attached hydrogens (tertiary/aromatic N) is 1. The topological polar surface area (TPSA) is 54.7 Å². The van der Waals surface area contributed by atoms with Gasteiger partial charge in [0, 0.05) is 0 Å². The van der Waals surface area contributed by atoms with Gasteiger partial charge in [0.05, 0.1) is 0 Å². The van der Waals surface area contributed by atoms with Crippen LogP contribution >= 0.6 is 23.4 Å². The van der Waals surface area contributed by atoms with Crippen LogP contribution in [0.3, 0.4) is 0 Å². The molecule has 0 spiro atoms. The number of H-pyrrole nitrogens is 1. The van der Waals surface area contributed by atoms with E-state index in [4.69, 9.17) is 17.3 Å². The molecule has 0 amide bonds. The molecule has 1 aromatic rings. The van der Waals surface area contributed by atoms with E-state index in [9.17, 15) is 0 Å². The summed E-state index contributed by atoms with van der Waals surface area (Å²) in [4.78, 5) is 0. The van der Waals surface area contributed by atoms with Crippen LogP contribution in [0.25, 0.3) is 0 Å². The number of nitrogen functional groups attached to an aromatic ring is 1. The highest BCUT2D eigenvalue weighted by atomic mass is 35.5. The fraction of sp³-hybridized carbons (Fsp3) is 0.400. The molecular weight excluding hydrogens is 170 g/mol. The van der Waals surface area contributed by atoms with Gasteiger partial charge in [0.25, 0.3) is 0 Å². The lowest BCUT2D eigenvalue weighted by Gasteiger charge is -1.89. The van der Waals surface area contributed by atoms with Crippen molar-refractivity contribution in [2.45, 2.75) is 11.9 Å². The van der Waals surface area contributed by atoms with E-state index >= 15 is 0 Å². The number of thioether (sulfide) groups is 1. The molecule has 0 aliphatic rings. The van der Waals surface area contributed by atoms with Crippen molar-refractivity contribution in [1.82, 2.24) is 10.2 Å². The van der Waals surface area contributed by atoms with E-state index in [-0.39, 0.29) is 0 Å².